The van der Waals surface area contributed by atoms with Gasteiger partial charge in [0.15, 0.2) is 5.96 Å². The van der Waals surface area contributed by atoms with E-state index in [1.165, 1.54) is 11.1 Å². The second-order valence-corrected chi connectivity index (χ2v) is 5.58. The van der Waals surface area contributed by atoms with Crippen LogP contribution in [0.2, 0.25) is 0 Å². The molecule has 0 heterocycles. The number of halogens is 1. The van der Waals surface area contributed by atoms with Gasteiger partial charge in [0.05, 0.1) is 6.61 Å². The summed E-state index contributed by atoms with van der Waals surface area (Å²) < 4.78 is 5.88. The van der Waals surface area contributed by atoms with Crippen LogP contribution < -0.4 is 15.4 Å². The van der Waals surface area contributed by atoms with Gasteiger partial charge in [-0.15, -0.1) is 24.0 Å². The fourth-order valence-corrected chi connectivity index (χ4v) is 2.51. The van der Waals surface area contributed by atoms with Crippen molar-refractivity contribution < 1.29 is 4.74 Å². The zero-order valence-corrected chi connectivity index (χ0v) is 17.3. The minimum Gasteiger partial charge on any atom is -0.494 e. The molecule has 0 aliphatic rings. The number of nitrogens with one attached hydrogen (secondary N) is 2. The summed E-state index contributed by atoms with van der Waals surface area (Å²) in [6.45, 7) is 1.58. The molecule has 0 saturated heterocycles. The van der Waals surface area contributed by atoms with E-state index in [4.69, 9.17) is 4.74 Å². The van der Waals surface area contributed by atoms with Crippen molar-refractivity contribution in [2.24, 2.45) is 4.99 Å². The van der Waals surface area contributed by atoms with Gasteiger partial charge in [-0.1, -0.05) is 42.5 Å². The molecule has 0 aliphatic carbocycles. The van der Waals surface area contributed by atoms with E-state index in [1.54, 1.807) is 7.05 Å². The summed E-state index contributed by atoms with van der Waals surface area (Å²) in [5.74, 6) is 1.75. The average molecular weight is 453 g/mol. The lowest BCUT2D eigenvalue weighted by Gasteiger charge is -2.10. The van der Waals surface area contributed by atoms with Crippen LogP contribution in [0.15, 0.2) is 59.6 Å². The molecular formula is C20H28IN3O. The Morgan fingerprint density at radius 2 is 1.76 bits per heavy atom. The zero-order valence-electron chi connectivity index (χ0n) is 15.0. The van der Waals surface area contributed by atoms with Gasteiger partial charge in [-0.2, -0.15) is 0 Å². The zero-order chi connectivity index (χ0) is 17.0. The summed E-state index contributed by atoms with van der Waals surface area (Å²) in [5, 5.41) is 6.27. The maximum absolute atomic E-state index is 5.88. The summed E-state index contributed by atoms with van der Waals surface area (Å²) in [6, 6.07) is 18.8. The maximum atomic E-state index is 5.88. The first-order chi connectivity index (χ1) is 11.8. The summed E-state index contributed by atoms with van der Waals surface area (Å²) >= 11 is 0. The Labute approximate surface area is 168 Å². The van der Waals surface area contributed by atoms with Crippen LogP contribution in [-0.2, 0) is 12.8 Å². The van der Waals surface area contributed by atoms with E-state index in [9.17, 15) is 0 Å². The summed E-state index contributed by atoms with van der Waals surface area (Å²) in [4.78, 5) is 4.10. The van der Waals surface area contributed by atoms with E-state index in [0.29, 0.717) is 0 Å². The van der Waals surface area contributed by atoms with Gasteiger partial charge >= 0.3 is 0 Å². The second-order valence-electron chi connectivity index (χ2n) is 5.58. The Bertz CT molecular complexity index is 632. The topological polar surface area (TPSA) is 45.7 Å². The van der Waals surface area contributed by atoms with Crippen molar-refractivity contribution in [1.29, 1.82) is 0 Å². The third-order valence-corrected chi connectivity index (χ3v) is 3.79. The molecule has 0 fully saturated rings. The highest BCUT2D eigenvalue weighted by Gasteiger charge is 1.99. The molecule has 4 nitrogen and oxygen atoms in total. The molecule has 0 bridgehead atoms. The molecular weight excluding hydrogens is 425 g/mol. The van der Waals surface area contributed by atoms with Crippen LogP contribution in [0.25, 0.3) is 0 Å². The highest BCUT2D eigenvalue weighted by molar-refractivity contribution is 14.0. The van der Waals surface area contributed by atoms with Crippen LogP contribution in [0, 0.1) is 0 Å². The van der Waals surface area contributed by atoms with Gasteiger partial charge in [0, 0.05) is 20.6 Å². The minimum absolute atomic E-state index is 0. The molecule has 0 aliphatic heterocycles. The Morgan fingerprint density at radius 1 is 1.00 bits per heavy atom. The molecule has 25 heavy (non-hydrogen) atoms. The summed E-state index contributed by atoms with van der Waals surface area (Å²) in [7, 11) is 3.63. The Kier molecular flexibility index (Phi) is 10.7. The molecule has 0 atom stereocenters. The number of benzene rings is 2. The molecule has 0 spiro atoms. The van der Waals surface area contributed by atoms with Crippen molar-refractivity contribution in [3.05, 3.63) is 65.7 Å². The number of hydrogen-bond donors (Lipinski definition) is 2. The van der Waals surface area contributed by atoms with Crippen LogP contribution in [0.3, 0.4) is 0 Å². The molecule has 0 aromatic heterocycles. The fraction of sp³-hybridized carbons (Fsp3) is 0.350. The lowest BCUT2D eigenvalue weighted by molar-refractivity contribution is 0.310. The molecule has 2 rings (SSSR count). The highest BCUT2D eigenvalue weighted by Crippen LogP contribution is 2.14. The number of nitrogens with zero attached hydrogens (tertiary/aromatic N) is 1. The largest absolute Gasteiger partial charge is 0.494 e. The van der Waals surface area contributed by atoms with E-state index < -0.39 is 0 Å². The van der Waals surface area contributed by atoms with Crippen molar-refractivity contribution >= 4 is 29.9 Å². The van der Waals surface area contributed by atoms with Crippen molar-refractivity contribution in [2.45, 2.75) is 19.3 Å². The number of ether oxygens (including phenoxy) is 1. The smallest absolute Gasteiger partial charge is 0.190 e. The van der Waals surface area contributed by atoms with Crippen molar-refractivity contribution in [2.75, 3.05) is 27.2 Å². The minimum atomic E-state index is 0. The number of guanidine groups is 1. The first kappa shape index (κ1) is 21.3. The number of aliphatic imine (C=N–C) groups is 1. The maximum Gasteiger partial charge on any atom is 0.190 e. The normalized spacial score (nSPS) is 10.7. The van der Waals surface area contributed by atoms with E-state index in [1.807, 2.05) is 19.2 Å². The molecule has 0 radical (unpaired) electrons. The predicted octanol–water partition coefficient (Wildman–Crippen LogP) is 3.65. The first-order valence-corrected chi connectivity index (χ1v) is 8.46. The van der Waals surface area contributed by atoms with Crippen LogP contribution in [-0.4, -0.2) is 33.2 Å². The van der Waals surface area contributed by atoms with Crippen LogP contribution in [0.4, 0.5) is 0 Å². The second kappa shape index (κ2) is 12.6. The number of hydrogen-bond acceptors (Lipinski definition) is 2. The van der Waals surface area contributed by atoms with Gasteiger partial charge in [-0.3, -0.25) is 4.99 Å². The Hall–Kier alpha value is -1.76. The Morgan fingerprint density at radius 3 is 2.48 bits per heavy atom. The standard InChI is InChI=1S/C20H27N3O.HI/c1-21-20(22-2)23-14-13-18-10-6-12-19(16-18)24-15-7-11-17-8-4-3-5-9-17;/h3-6,8-10,12,16H,7,11,13-15H2,1-2H3,(H2,21,22,23);1H. The predicted molar refractivity (Wildman–Crippen MR) is 116 cm³/mol. The first-order valence-electron chi connectivity index (χ1n) is 8.46. The quantitative estimate of drug-likeness (QED) is 0.278. The van der Waals surface area contributed by atoms with E-state index in [2.05, 4.69) is 58.1 Å². The number of aryl methyl sites for hydroxylation is 1. The van der Waals surface area contributed by atoms with Gasteiger partial charge in [-0.05, 0) is 42.5 Å². The molecule has 2 N–H and O–H groups in total. The monoisotopic (exact) mass is 453 g/mol. The molecule has 0 saturated carbocycles. The van der Waals surface area contributed by atoms with Crippen LogP contribution in [0.1, 0.15) is 17.5 Å². The third kappa shape index (κ3) is 8.25. The lowest BCUT2D eigenvalue weighted by atomic mass is 10.1. The molecule has 0 amide bonds. The summed E-state index contributed by atoms with van der Waals surface area (Å²) in [5.41, 5.74) is 2.62. The summed E-state index contributed by atoms with van der Waals surface area (Å²) in [6.07, 6.45) is 3.00. The molecule has 5 heteroatoms. The van der Waals surface area contributed by atoms with Gasteiger partial charge in [0.1, 0.15) is 5.75 Å². The van der Waals surface area contributed by atoms with Crippen LogP contribution in [0.5, 0.6) is 5.75 Å². The van der Waals surface area contributed by atoms with E-state index >= 15 is 0 Å². The molecule has 136 valence electrons. The van der Waals surface area contributed by atoms with E-state index in [-0.39, 0.29) is 24.0 Å². The van der Waals surface area contributed by atoms with Gasteiger partial charge in [0.25, 0.3) is 0 Å². The SMILES string of the molecule is CN=C(NC)NCCc1cccc(OCCCc2ccccc2)c1.I. The van der Waals surface area contributed by atoms with Crippen molar-refractivity contribution in [3.8, 4) is 5.75 Å². The highest BCUT2D eigenvalue weighted by atomic mass is 127. The van der Waals surface area contributed by atoms with E-state index in [0.717, 1.165) is 44.1 Å². The third-order valence-electron chi connectivity index (χ3n) is 3.79. The fourth-order valence-electron chi connectivity index (χ4n) is 2.51. The number of rotatable bonds is 8. The van der Waals surface area contributed by atoms with Gasteiger partial charge in [-0.25, -0.2) is 0 Å². The Balaban J connectivity index is 0.00000312. The molecule has 2 aromatic rings. The van der Waals surface area contributed by atoms with Crippen molar-refractivity contribution in [1.82, 2.24) is 10.6 Å². The molecule has 0 unspecified atom stereocenters. The van der Waals surface area contributed by atoms with Gasteiger partial charge < -0.3 is 15.4 Å². The average Bonchev–Trinajstić information content (AvgIpc) is 2.64. The van der Waals surface area contributed by atoms with Crippen molar-refractivity contribution in [3.63, 3.8) is 0 Å². The molecule has 2 aromatic carbocycles. The van der Waals surface area contributed by atoms with Gasteiger partial charge in [0.2, 0.25) is 0 Å². The lowest BCUT2D eigenvalue weighted by Crippen LogP contribution is -2.35. The van der Waals surface area contributed by atoms with Crippen LogP contribution >= 0.6 is 24.0 Å².